The minimum atomic E-state index is -1.33. The van der Waals surface area contributed by atoms with Gasteiger partial charge in [0, 0.05) is 19.1 Å². The van der Waals surface area contributed by atoms with Crippen molar-refractivity contribution in [2.45, 2.75) is 69.7 Å². The smallest absolute Gasteiger partial charge is 0.315 e. The third-order valence-corrected chi connectivity index (χ3v) is 8.65. The largest absolute Gasteiger partial charge is 0.378 e. The zero-order chi connectivity index (χ0) is 26.4. The Kier molecular flexibility index (Phi) is 8.45. The number of amides is 2. The summed E-state index contributed by atoms with van der Waals surface area (Å²) in [6, 6.07) is 27.5. The van der Waals surface area contributed by atoms with Crippen molar-refractivity contribution in [3.63, 3.8) is 0 Å². The topological polar surface area (TPSA) is 64.6 Å². The van der Waals surface area contributed by atoms with E-state index in [-0.39, 0.29) is 12.1 Å². The Morgan fingerprint density at radius 2 is 1.47 bits per heavy atom. The average Bonchev–Trinajstić information content (AvgIpc) is 2.97. The summed E-state index contributed by atoms with van der Waals surface area (Å²) in [6.07, 6.45) is 6.73. The molecule has 1 aliphatic carbocycles. The van der Waals surface area contributed by atoms with E-state index in [9.17, 15) is 9.90 Å². The third kappa shape index (κ3) is 6.11. The fourth-order valence-corrected chi connectivity index (χ4v) is 6.28. The lowest BCUT2D eigenvalue weighted by Gasteiger charge is -2.36. The zero-order valence-corrected chi connectivity index (χ0v) is 22.5. The molecule has 1 atom stereocenters. The van der Waals surface area contributed by atoms with Gasteiger partial charge < -0.3 is 15.7 Å². The number of hydrogen-bond acceptors (Lipinski definition) is 3. The first-order valence-corrected chi connectivity index (χ1v) is 14.2. The van der Waals surface area contributed by atoms with Crippen molar-refractivity contribution in [3.05, 3.63) is 107 Å². The molecule has 1 fully saturated rings. The Hall–Kier alpha value is -3.15. The van der Waals surface area contributed by atoms with Crippen molar-refractivity contribution in [1.29, 1.82) is 0 Å². The van der Waals surface area contributed by atoms with Crippen LogP contribution in [0.25, 0.3) is 0 Å². The molecule has 3 N–H and O–H groups in total. The Balaban J connectivity index is 1.10. The highest BCUT2D eigenvalue weighted by Gasteiger charge is 2.38. The van der Waals surface area contributed by atoms with Gasteiger partial charge in [-0.2, -0.15) is 0 Å². The monoisotopic (exact) mass is 511 g/mol. The zero-order valence-electron chi connectivity index (χ0n) is 22.5. The minimum absolute atomic E-state index is 0.182. The van der Waals surface area contributed by atoms with Crippen LogP contribution in [0.2, 0.25) is 0 Å². The average molecular weight is 512 g/mol. The standard InChI is InChI=1S/C33H41N3O2/c1-25(33(38,29-12-4-2-5-13-29)30-14-6-3-7-15-30)34-32(37)35-31-18-16-26(17-19-31)20-22-36-23-21-27-10-8-9-11-28(27)24-36/h2-15,25-26,31,38H,16-24H2,1H3,(H2,34,35,37)/t25-,26-,31-/m0/s1. The SMILES string of the molecule is C[C@H](NC(=O)N[C@H]1CC[C@H](CCN2CCc3ccccc3C2)CC1)C(O)(c1ccccc1)c1ccccc1. The summed E-state index contributed by atoms with van der Waals surface area (Å²) in [5, 5.41) is 18.1. The summed E-state index contributed by atoms with van der Waals surface area (Å²) in [4.78, 5) is 15.6. The maximum Gasteiger partial charge on any atom is 0.315 e. The number of fused-ring (bicyclic) bond motifs is 1. The van der Waals surface area contributed by atoms with Gasteiger partial charge >= 0.3 is 6.03 Å². The van der Waals surface area contributed by atoms with Crippen LogP contribution >= 0.6 is 0 Å². The van der Waals surface area contributed by atoms with Gasteiger partial charge in [0.1, 0.15) is 5.60 Å². The van der Waals surface area contributed by atoms with E-state index in [4.69, 9.17) is 0 Å². The Morgan fingerprint density at radius 1 is 0.895 bits per heavy atom. The second-order valence-electron chi connectivity index (χ2n) is 11.1. The first kappa shape index (κ1) is 26.5. The highest BCUT2D eigenvalue weighted by molar-refractivity contribution is 5.75. The van der Waals surface area contributed by atoms with Crippen molar-refractivity contribution in [3.8, 4) is 0 Å². The molecule has 3 aromatic rings. The summed E-state index contributed by atoms with van der Waals surface area (Å²) in [7, 11) is 0. The highest BCUT2D eigenvalue weighted by Crippen LogP contribution is 2.33. The molecular weight excluding hydrogens is 470 g/mol. The molecule has 0 unspecified atom stereocenters. The number of nitrogens with zero attached hydrogens (tertiary/aromatic N) is 1. The molecule has 1 saturated carbocycles. The summed E-state index contributed by atoms with van der Waals surface area (Å²) < 4.78 is 0. The van der Waals surface area contributed by atoms with Gasteiger partial charge in [-0.1, -0.05) is 84.9 Å². The van der Waals surface area contributed by atoms with E-state index in [0.29, 0.717) is 0 Å². The molecule has 1 heterocycles. The van der Waals surface area contributed by atoms with Crippen LogP contribution in [0.3, 0.4) is 0 Å². The summed E-state index contributed by atoms with van der Waals surface area (Å²) >= 11 is 0. The molecule has 5 heteroatoms. The van der Waals surface area contributed by atoms with Gasteiger partial charge in [-0.15, -0.1) is 0 Å². The van der Waals surface area contributed by atoms with Crippen LogP contribution in [0.1, 0.15) is 61.3 Å². The van der Waals surface area contributed by atoms with Gasteiger partial charge in [-0.25, -0.2) is 4.79 Å². The predicted molar refractivity (Wildman–Crippen MR) is 153 cm³/mol. The summed E-state index contributed by atoms with van der Waals surface area (Å²) in [5.74, 6) is 0.730. The van der Waals surface area contributed by atoms with E-state index in [0.717, 1.165) is 68.8 Å². The predicted octanol–water partition coefficient (Wildman–Crippen LogP) is 5.62. The van der Waals surface area contributed by atoms with Crippen LogP contribution in [0.5, 0.6) is 0 Å². The number of rotatable bonds is 8. The van der Waals surface area contributed by atoms with Gasteiger partial charge in [-0.3, -0.25) is 4.90 Å². The highest BCUT2D eigenvalue weighted by atomic mass is 16.3. The number of hydrogen-bond donors (Lipinski definition) is 3. The van der Waals surface area contributed by atoms with Gasteiger partial charge in [0.15, 0.2) is 0 Å². The Morgan fingerprint density at radius 3 is 2.11 bits per heavy atom. The van der Waals surface area contributed by atoms with Gasteiger partial charge in [0.2, 0.25) is 0 Å². The number of aliphatic hydroxyl groups is 1. The molecule has 5 rings (SSSR count). The minimum Gasteiger partial charge on any atom is -0.378 e. The molecule has 0 bridgehead atoms. The molecule has 1 aliphatic heterocycles. The summed E-state index contributed by atoms with van der Waals surface area (Å²) in [6.45, 7) is 5.26. The fraction of sp³-hybridized carbons (Fsp3) is 0.424. The van der Waals surface area contributed by atoms with E-state index < -0.39 is 11.6 Å². The maximum atomic E-state index is 13.0. The molecule has 2 aliphatic rings. The second-order valence-corrected chi connectivity index (χ2v) is 11.1. The number of carbonyl (C=O) groups excluding carboxylic acids is 1. The first-order valence-electron chi connectivity index (χ1n) is 14.2. The maximum absolute atomic E-state index is 13.0. The first-order chi connectivity index (χ1) is 18.5. The van der Waals surface area contributed by atoms with Gasteiger partial charge in [0.25, 0.3) is 0 Å². The van der Waals surface area contributed by atoms with Gasteiger partial charge in [0.05, 0.1) is 6.04 Å². The molecule has 200 valence electrons. The Labute approximate surface area is 227 Å². The van der Waals surface area contributed by atoms with E-state index in [1.807, 2.05) is 67.6 Å². The van der Waals surface area contributed by atoms with Gasteiger partial charge in [-0.05, 0) is 80.2 Å². The quantitative estimate of drug-likeness (QED) is 0.368. The number of nitrogens with one attached hydrogen (secondary N) is 2. The van der Waals surface area contributed by atoms with Crippen molar-refractivity contribution in [1.82, 2.24) is 15.5 Å². The molecule has 0 aromatic heterocycles. The lowest BCUT2D eigenvalue weighted by atomic mass is 9.81. The van der Waals surface area contributed by atoms with E-state index >= 15 is 0 Å². The summed E-state index contributed by atoms with van der Waals surface area (Å²) in [5.41, 5.74) is 3.19. The molecule has 0 radical (unpaired) electrons. The van der Waals surface area contributed by atoms with Crippen LogP contribution in [-0.4, -0.2) is 41.2 Å². The molecular formula is C33H41N3O2. The fourth-order valence-electron chi connectivity index (χ4n) is 6.28. The number of benzene rings is 3. The van der Waals surface area contributed by atoms with Crippen molar-refractivity contribution in [2.75, 3.05) is 13.1 Å². The van der Waals surface area contributed by atoms with Crippen LogP contribution in [-0.2, 0) is 18.6 Å². The molecule has 3 aromatic carbocycles. The van der Waals surface area contributed by atoms with Crippen molar-refractivity contribution < 1.29 is 9.90 Å². The van der Waals surface area contributed by atoms with Crippen molar-refractivity contribution >= 4 is 6.03 Å². The van der Waals surface area contributed by atoms with E-state index in [1.54, 1.807) is 0 Å². The lowest BCUT2D eigenvalue weighted by Crippen LogP contribution is -2.54. The molecule has 2 amide bonds. The third-order valence-electron chi connectivity index (χ3n) is 8.65. The lowest BCUT2D eigenvalue weighted by molar-refractivity contribution is 0.0470. The van der Waals surface area contributed by atoms with E-state index in [2.05, 4.69) is 39.8 Å². The number of carbonyl (C=O) groups is 1. The van der Waals surface area contributed by atoms with Crippen molar-refractivity contribution in [2.24, 2.45) is 5.92 Å². The molecule has 0 saturated heterocycles. The Bertz CT molecular complexity index is 1140. The van der Waals surface area contributed by atoms with Crippen LogP contribution in [0, 0.1) is 5.92 Å². The second kappa shape index (κ2) is 12.1. The number of urea groups is 1. The molecule has 38 heavy (non-hydrogen) atoms. The van der Waals surface area contributed by atoms with Crippen LogP contribution in [0.4, 0.5) is 4.79 Å². The van der Waals surface area contributed by atoms with E-state index in [1.165, 1.54) is 17.5 Å². The van der Waals surface area contributed by atoms with Crippen LogP contribution in [0.15, 0.2) is 84.9 Å². The normalized spacial score (nSPS) is 20.8. The van der Waals surface area contributed by atoms with Crippen LogP contribution < -0.4 is 10.6 Å². The molecule has 0 spiro atoms. The molecule has 5 nitrogen and oxygen atoms in total.